The van der Waals surface area contributed by atoms with Gasteiger partial charge < -0.3 is 24.6 Å². The van der Waals surface area contributed by atoms with Gasteiger partial charge >= 0.3 is 6.03 Å². The van der Waals surface area contributed by atoms with Crippen molar-refractivity contribution in [3.63, 3.8) is 0 Å². The van der Waals surface area contributed by atoms with Gasteiger partial charge in [0.2, 0.25) is 5.91 Å². The van der Waals surface area contributed by atoms with Gasteiger partial charge in [-0.25, -0.2) is 9.78 Å². The summed E-state index contributed by atoms with van der Waals surface area (Å²) in [5, 5.41) is 7.85. The van der Waals surface area contributed by atoms with Gasteiger partial charge in [0.1, 0.15) is 11.5 Å². The first-order valence-electron chi connectivity index (χ1n) is 11.4. The maximum atomic E-state index is 12.7. The summed E-state index contributed by atoms with van der Waals surface area (Å²) < 4.78 is 10.6. The molecule has 0 atom stereocenters. The third-order valence-corrected chi connectivity index (χ3v) is 6.58. The quantitative estimate of drug-likeness (QED) is 0.489. The van der Waals surface area contributed by atoms with E-state index >= 15 is 0 Å². The predicted molar refractivity (Wildman–Crippen MR) is 138 cm³/mol. The maximum absolute atomic E-state index is 12.7. The van der Waals surface area contributed by atoms with E-state index in [1.54, 1.807) is 38.5 Å². The minimum Gasteiger partial charge on any atom is -0.497 e. The highest BCUT2D eigenvalue weighted by Crippen LogP contribution is 2.28. The number of nitrogens with zero attached hydrogens (tertiary/aromatic N) is 3. The summed E-state index contributed by atoms with van der Waals surface area (Å²) >= 11 is 1.34. The molecule has 1 fully saturated rings. The molecule has 9 nitrogen and oxygen atoms in total. The number of nitrogens with one attached hydrogen (secondary N) is 2. The van der Waals surface area contributed by atoms with Crippen LogP contribution >= 0.6 is 11.3 Å². The van der Waals surface area contributed by atoms with Gasteiger partial charge in [-0.3, -0.25) is 10.1 Å². The first-order valence-corrected chi connectivity index (χ1v) is 12.3. The Balaban J connectivity index is 1.21. The van der Waals surface area contributed by atoms with Crippen molar-refractivity contribution in [1.82, 2.24) is 9.88 Å². The van der Waals surface area contributed by atoms with Gasteiger partial charge in [0.15, 0.2) is 5.13 Å². The van der Waals surface area contributed by atoms with Crippen LogP contribution in [-0.2, 0) is 11.2 Å². The SMILES string of the molecule is COc1ccc(NC(=O)Nc2nc(CCC(=O)N3CCN(c4ccccc4OC)CC3)cs2)cc1. The molecule has 0 unspecified atom stereocenters. The number of urea groups is 1. The third-order valence-electron chi connectivity index (χ3n) is 5.77. The summed E-state index contributed by atoms with van der Waals surface area (Å²) in [6.45, 7) is 2.87. The van der Waals surface area contributed by atoms with Gasteiger partial charge in [0, 0.05) is 43.7 Å². The molecule has 3 aromatic rings. The van der Waals surface area contributed by atoms with Crippen LogP contribution in [0, 0.1) is 0 Å². The monoisotopic (exact) mass is 495 g/mol. The molecule has 10 heteroatoms. The minimum absolute atomic E-state index is 0.115. The number of amides is 3. The molecule has 2 aromatic carbocycles. The molecule has 1 aliphatic rings. The number of rotatable bonds is 8. The van der Waals surface area contributed by atoms with Crippen LogP contribution in [0.3, 0.4) is 0 Å². The topological polar surface area (TPSA) is 96.0 Å². The summed E-state index contributed by atoms with van der Waals surface area (Å²) in [4.78, 5) is 33.6. The lowest BCUT2D eigenvalue weighted by Gasteiger charge is -2.36. The molecule has 1 aromatic heterocycles. The highest BCUT2D eigenvalue weighted by molar-refractivity contribution is 7.13. The molecule has 2 N–H and O–H groups in total. The zero-order valence-corrected chi connectivity index (χ0v) is 20.6. The van der Waals surface area contributed by atoms with Crippen LogP contribution in [0.2, 0.25) is 0 Å². The Kier molecular flexibility index (Phi) is 8.04. The molecule has 0 aliphatic carbocycles. The number of ether oxygens (including phenoxy) is 2. The lowest BCUT2D eigenvalue weighted by molar-refractivity contribution is -0.131. The molecule has 0 saturated carbocycles. The van der Waals surface area contributed by atoms with E-state index in [0.29, 0.717) is 42.5 Å². The van der Waals surface area contributed by atoms with E-state index in [9.17, 15) is 9.59 Å². The van der Waals surface area contributed by atoms with Crippen LogP contribution in [-0.4, -0.2) is 62.2 Å². The second-order valence-electron chi connectivity index (χ2n) is 7.99. The largest absolute Gasteiger partial charge is 0.497 e. The van der Waals surface area contributed by atoms with Crippen LogP contribution in [0.4, 0.5) is 21.3 Å². The van der Waals surface area contributed by atoms with Crippen LogP contribution < -0.4 is 25.0 Å². The molecule has 35 heavy (non-hydrogen) atoms. The molecule has 184 valence electrons. The summed E-state index contributed by atoms with van der Waals surface area (Å²) in [5.74, 6) is 1.68. The molecule has 1 aliphatic heterocycles. The number of anilines is 3. The van der Waals surface area contributed by atoms with E-state index in [1.165, 1.54) is 11.3 Å². The lowest BCUT2D eigenvalue weighted by atomic mass is 10.2. The van der Waals surface area contributed by atoms with Crippen molar-refractivity contribution in [3.05, 3.63) is 59.6 Å². The highest BCUT2D eigenvalue weighted by Gasteiger charge is 2.23. The number of piperazine rings is 1. The molecule has 4 rings (SSSR count). The van der Waals surface area contributed by atoms with E-state index < -0.39 is 0 Å². The van der Waals surface area contributed by atoms with Gasteiger partial charge in [-0.05, 0) is 42.8 Å². The number of carbonyl (C=O) groups is 2. The Hall–Kier alpha value is -3.79. The smallest absolute Gasteiger partial charge is 0.325 e. The fourth-order valence-electron chi connectivity index (χ4n) is 3.89. The number of hydrogen-bond acceptors (Lipinski definition) is 7. The van der Waals surface area contributed by atoms with Crippen LogP contribution in [0.25, 0.3) is 0 Å². The Labute approximate surface area is 208 Å². The normalized spacial score (nSPS) is 13.3. The summed E-state index contributed by atoms with van der Waals surface area (Å²) in [7, 11) is 3.26. The molecular weight excluding hydrogens is 466 g/mol. The third kappa shape index (κ3) is 6.42. The molecule has 0 spiro atoms. The summed E-state index contributed by atoms with van der Waals surface area (Å²) in [6.07, 6.45) is 0.916. The first kappa shape index (κ1) is 24.3. The number of methoxy groups -OCH3 is 2. The molecule has 0 radical (unpaired) electrons. The van der Waals surface area contributed by atoms with Crippen molar-refractivity contribution in [2.75, 3.05) is 55.9 Å². The Morgan fingerprint density at radius 3 is 2.43 bits per heavy atom. The fourth-order valence-corrected chi connectivity index (χ4v) is 4.63. The molecular formula is C25H29N5O4S. The predicted octanol–water partition coefficient (Wildman–Crippen LogP) is 4.09. The van der Waals surface area contributed by atoms with E-state index in [2.05, 4.69) is 20.5 Å². The molecule has 0 bridgehead atoms. The van der Waals surface area contributed by atoms with Crippen molar-refractivity contribution in [3.8, 4) is 11.5 Å². The number of benzene rings is 2. The number of para-hydroxylation sites is 2. The Morgan fingerprint density at radius 2 is 1.71 bits per heavy atom. The molecule has 2 heterocycles. The number of aryl methyl sites for hydroxylation is 1. The standard InChI is InChI=1S/C25H29N5O4S/c1-33-20-10-7-18(8-11-20)26-24(32)28-25-27-19(17-35-25)9-12-23(31)30-15-13-29(14-16-30)21-5-3-4-6-22(21)34-2/h3-8,10-11,17H,9,12-16H2,1-2H3,(H2,26,27,28,32). The van der Waals surface area contributed by atoms with Crippen molar-refractivity contribution in [2.45, 2.75) is 12.8 Å². The maximum Gasteiger partial charge on any atom is 0.325 e. The van der Waals surface area contributed by atoms with Gasteiger partial charge in [-0.15, -0.1) is 11.3 Å². The second-order valence-corrected chi connectivity index (χ2v) is 8.85. The highest BCUT2D eigenvalue weighted by atomic mass is 32.1. The zero-order chi connectivity index (χ0) is 24.6. The van der Waals surface area contributed by atoms with Crippen LogP contribution in [0.5, 0.6) is 11.5 Å². The van der Waals surface area contributed by atoms with Crippen LogP contribution in [0.1, 0.15) is 12.1 Å². The summed E-state index contributed by atoms with van der Waals surface area (Å²) in [5.41, 5.74) is 2.49. The Bertz CT molecular complexity index is 1140. The average Bonchev–Trinajstić information content (AvgIpc) is 3.34. The van der Waals surface area contributed by atoms with Crippen molar-refractivity contribution < 1.29 is 19.1 Å². The van der Waals surface area contributed by atoms with E-state index in [1.807, 2.05) is 34.5 Å². The lowest BCUT2D eigenvalue weighted by Crippen LogP contribution is -2.48. The molecule has 1 saturated heterocycles. The summed E-state index contributed by atoms with van der Waals surface area (Å²) in [6, 6.07) is 14.6. The van der Waals surface area contributed by atoms with Gasteiger partial charge in [0.05, 0.1) is 25.6 Å². The number of hydrogen-bond donors (Lipinski definition) is 2. The fraction of sp³-hybridized carbons (Fsp3) is 0.320. The average molecular weight is 496 g/mol. The van der Waals surface area contributed by atoms with Gasteiger partial charge in [-0.1, -0.05) is 12.1 Å². The van der Waals surface area contributed by atoms with Crippen molar-refractivity contribution in [1.29, 1.82) is 0 Å². The van der Waals surface area contributed by atoms with Crippen molar-refractivity contribution in [2.24, 2.45) is 0 Å². The minimum atomic E-state index is -0.375. The molecule has 3 amide bonds. The van der Waals surface area contributed by atoms with Gasteiger partial charge in [0.25, 0.3) is 0 Å². The first-order chi connectivity index (χ1) is 17.1. The van der Waals surface area contributed by atoms with E-state index in [-0.39, 0.29) is 11.9 Å². The second kappa shape index (κ2) is 11.6. The number of aromatic nitrogens is 1. The zero-order valence-electron chi connectivity index (χ0n) is 19.8. The number of thiazole rings is 1. The van der Waals surface area contributed by atoms with Crippen LogP contribution in [0.15, 0.2) is 53.9 Å². The van der Waals surface area contributed by atoms with E-state index in [0.717, 1.165) is 30.2 Å². The number of carbonyl (C=O) groups excluding carboxylic acids is 2. The van der Waals surface area contributed by atoms with E-state index in [4.69, 9.17) is 9.47 Å². The van der Waals surface area contributed by atoms with Crippen molar-refractivity contribution >= 4 is 39.8 Å². The van der Waals surface area contributed by atoms with Gasteiger partial charge in [-0.2, -0.15) is 0 Å². The Morgan fingerprint density at radius 1 is 0.971 bits per heavy atom.